The summed E-state index contributed by atoms with van der Waals surface area (Å²) in [5.41, 5.74) is 4.07. The third-order valence-electron chi connectivity index (χ3n) is 3.48. The predicted octanol–water partition coefficient (Wildman–Crippen LogP) is 3.10. The van der Waals surface area contributed by atoms with Gasteiger partial charge in [-0.2, -0.15) is 0 Å². The number of nitrogens with zero attached hydrogens (tertiary/aromatic N) is 2. The van der Waals surface area contributed by atoms with Gasteiger partial charge in [0.25, 0.3) is 0 Å². The molecule has 0 saturated heterocycles. The number of hydrogen-bond acceptors (Lipinski definition) is 2. The van der Waals surface area contributed by atoms with Crippen LogP contribution in [0.1, 0.15) is 5.56 Å². The molecule has 1 atom stereocenters. The van der Waals surface area contributed by atoms with Crippen molar-refractivity contribution in [2.75, 3.05) is 0 Å². The highest BCUT2D eigenvalue weighted by molar-refractivity contribution is 6.13. The number of para-hydroxylation sites is 1. The second-order valence-electron chi connectivity index (χ2n) is 4.34. The van der Waals surface area contributed by atoms with E-state index in [4.69, 9.17) is 9.98 Å². The average molecular weight is 218 g/mol. The molecule has 1 spiro atoms. The lowest BCUT2D eigenvalue weighted by atomic mass is 9.76. The van der Waals surface area contributed by atoms with Crippen LogP contribution in [0.4, 0.5) is 5.69 Å². The SMILES string of the molecule is C1=CC2=CC=CC3=Nc4ccccc4C23N=C1. The maximum atomic E-state index is 4.72. The minimum Gasteiger partial charge on any atom is -0.270 e. The van der Waals surface area contributed by atoms with Gasteiger partial charge < -0.3 is 0 Å². The molecule has 0 bridgehead atoms. The van der Waals surface area contributed by atoms with Crippen molar-refractivity contribution >= 4 is 17.6 Å². The normalized spacial score (nSPS) is 27.1. The molecule has 0 radical (unpaired) electrons. The van der Waals surface area contributed by atoms with Gasteiger partial charge in [-0.25, -0.2) is 4.99 Å². The highest BCUT2D eigenvalue weighted by Gasteiger charge is 2.45. The molecule has 2 aliphatic heterocycles. The van der Waals surface area contributed by atoms with Crippen molar-refractivity contribution in [3.63, 3.8) is 0 Å². The number of aliphatic imine (C=N–C) groups is 2. The first-order valence-electron chi connectivity index (χ1n) is 5.71. The van der Waals surface area contributed by atoms with Crippen LogP contribution >= 0.6 is 0 Å². The van der Waals surface area contributed by atoms with Gasteiger partial charge in [-0.3, -0.25) is 4.99 Å². The van der Waals surface area contributed by atoms with E-state index in [2.05, 4.69) is 36.4 Å². The molecule has 1 aromatic rings. The lowest BCUT2D eigenvalue weighted by molar-refractivity contribution is 0.747. The molecule has 4 rings (SSSR count). The van der Waals surface area contributed by atoms with Crippen LogP contribution in [0.5, 0.6) is 0 Å². The summed E-state index contributed by atoms with van der Waals surface area (Å²) >= 11 is 0. The van der Waals surface area contributed by atoms with Crippen LogP contribution in [-0.2, 0) is 5.54 Å². The van der Waals surface area contributed by atoms with E-state index in [1.165, 1.54) is 11.1 Å². The van der Waals surface area contributed by atoms with Crippen molar-refractivity contribution in [1.82, 2.24) is 0 Å². The molecule has 17 heavy (non-hydrogen) atoms. The molecular formula is C15H10N2. The zero-order chi connectivity index (χ0) is 11.3. The Morgan fingerprint density at radius 3 is 2.94 bits per heavy atom. The van der Waals surface area contributed by atoms with Gasteiger partial charge >= 0.3 is 0 Å². The van der Waals surface area contributed by atoms with Crippen molar-refractivity contribution in [2.45, 2.75) is 5.54 Å². The number of benzene rings is 1. The Labute approximate surface area is 99.4 Å². The molecule has 3 aliphatic rings. The smallest absolute Gasteiger partial charge is 0.154 e. The summed E-state index contributed by atoms with van der Waals surface area (Å²) in [7, 11) is 0. The fourth-order valence-electron chi connectivity index (χ4n) is 2.74. The standard InChI is InChI=1S/C15H10N2/c1-2-8-13-12(7-1)15-11(6-4-10-16-15)5-3-9-14(15)17-13/h1-10H. The van der Waals surface area contributed by atoms with Gasteiger partial charge in [-0.15, -0.1) is 0 Å². The Morgan fingerprint density at radius 1 is 1.00 bits per heavy atom. The summed E-state index contributed by atoms with van der Waals surface area (Å²) < 4.78 is 0. The molecule has 2 heterocycles. The maximum absolute atomic E-state index is 4.72. The van der Waals surface area contributed by atoms with Crippen LogP contribution in [0.3, 0.4) is 0 Å². The van der Waals surface area contributed by atoms with Crippen LogP contribution in [-0.4, -0.2) is 11.9 Å². The average Bonchev–Trinajstić information content (AvgIpc) is 2.71. The predicted molar refractivity (Wildman–Crippen MR) is 70.1 cm³/mol. The van der Waals surface area contributed by atoms with Crippen LogP contribution in [0.25, 0.3) is 0 Å². The van der Waals surface area contributed by atoms with Gasteiger partial charge in [0, 0.05) is 11.8 Å². The number of dihydropyridines is 1. The van der Waals surface area contributed by atoms with Gasteiger partial charge in [0.1, 0.15) is 0 Å². The Balaban J connectivity index is 2.10. The fraction of sp³-hybridized carbons (Fsp3) is 0.0667. The highest BCUT2D eigenvalue weighted by Crippen LogP contribution is 2.48. The summed E-state index contributed by atoms with van der Waals surface area (Å²) in [6.45, 7) is 0. The fourth-order valence-corrected chi connectivity index (χ4v) is 2.74. The highest BCUT2D eigenvalue weighted by atomic mass is 15.0. The minimum atomic E-state index is -0.375. The molecule has 2 heteroatoms. The molecule has 0 N–H and O–H groups in total. The Morgan fingerprint density at radius 2 is 1.94 bits per heavy atom. The lowest BCUT2D eigenvalue weighted by Crippen LogP contribution is -2.34. The van der Waals surface area contributed by atoms with Crippen LogP contribution < -0.4 is 0 Å². The van der Waals surface area contributed by atoms with Gasteiger partial charge in [0.15, 0.2) is 5.54 Å². The van der Waals surface area contributed by atoms with Crippen molar-refractivity contribution in [3.05, 3.63) is 65.8 Å². The molecule has 1 aliphatic carbocycles. The zero-order valence-corrected chi connectivity index (χ0v) is 9.17. The summed E-state index contributed by atoms with van der Waals surface area (Å²) in [6, 6.07) is 8.24. The second-order valence-corrected chi connectivity index (χ2v) is 4.34. The van der Waals surface area contributed by atoms with Crippen molar-refractivity contribution < 1.29 is 0 Å². The van der Waals surface area contributed by atoms with E-state index in [0.717, 1.165) is 11.4 Å². The molecule has 1 unspecified atom stereocenters. The number of fused-ring (bicyclic) bond motifs is 1. The maximum Gasteiger partial charge on any atom is 0.154 e. The van der Waals surface area contributed by atoms with E-state index in [1.54, 1.807) is 0 Å². The molecule has 80 valence electrons. The summed E-state index contributed by atoms with van der Waals surface area (Å²) in [5, 5.41) is 0. The van der Waals surface area contributed by atoms with E-state index < -0.39 is 0 Å². The number of hydrogen-bond donors (Lipinski definition) is 0. The third kappa shape index (κ3) is 0.954. The quantitative estimate of drug-likeness (QED) is 0.639. The number of allylic oxidation sites excluding steroid dienone is 3. The van der Waals surface area contributed by atoms with Gasteiger partial charge in [0.2, 0.25) is 0 Å². The second kappa shape index (κ2) is 2.92. The monoisotopic (exact) mass is 218 g/mol. The molecular weight excluding hydrogens is 208 g/mol. The summed E-state index contributed by atoms with van der Waals surface area (Å²) in [5.74, 6) is 0. The summed E-state index contributed by atoms with van der Waals surface area (Å²) in [6.07, 6.45) is 12.2. The largest absolute Gasteiger partial charge is 0.270 e. The zero-order valence-electron chi connectivity index (χ0n) is 9.17. The Bertz CT molecular complexity index is 659. The minimum absolute atomic E-state index is 0.375. The first kappa shape index (κ1) is 8.88. The van der Waals surface area contributed by atoms with Crippen molar-refractivity contribution in [3.8, 4) is 0 Å². The van der Waals surface area contributed by atoms with E-state index in [-0.39, 0.29) is 5.54 Å². The molecule has 0 fully saturated rings. The van der Waals surface area contributed by atoms with Crippen molar-refractivity contribution in [1.29, 1.82) is 0 Å². The van der Waals surface area contributed by atoms with E-state index in [0.29, 0.717) is 0 Å². The van der Waals surface area contributed by atoms with Crippen LogP contribution in [0.15, 0.2) is 70.2 Å². The van der Waals surface area contributed by atoms with Crippen molar-refractivity contribution in [2.24, 2.45) is 9.98 Å². The molecule has 2 nitrogen and oxygen atoms in total. The van der Waals surface area contributed by atoms with Gasteiger partial charge in [0.05, 0.1) is 11.4 Å². The molecule has 0 amide bonds. The first-order chi connectivity index (χ1) is 8.41. The van der Waals surface area contributed by atoms with E-state index in [9.17, 15) is 0 Å². The van der Waals surface area contributed by atoms with Crippen LogP contribution in [0.2, 0.25) is 0 Å². The lowest BCUT2D eigenvalue weighted by Gasteiger charge is -2.31. The van der Waals surface area contributed by atoms with E-state index in [1.807, 2.05) is 24.4 Å². The number of rotatable bonds is 0. The summed E-state index contributed by atoms with van der Waals surface area (Å²) in [4.78, 5) is 9.41. The molecule has 0 aromatic heterocycles. The third-order valence-corrected chi connectivity index (χ3v) is 3.48. The molecule has 1 aromatic carbocycles. The first-order valence-corrected chi connectivity index (χ1v) is 5.71. The van der Waals surface area contributed by atoms with E-state index >= 15 is 0 Å². The van der Waals surface area contributed by atoms with Gasteiger partial charge in [-0.05, 0) is 23.8 Å². The van der Waals surface area contributed by atoms with Gasteiger partial charge in [-0.1, -0.05) is 36.4 Å². The van der Waals surface area contributed by atoms with Crippen LogP contribution in [0, 0.1) is 0 Å². The Hall–Kier alpha value is -2.22. The molecule has 0 saturated carbocycles. The Kier molecular flexibility index (Phi) is 1.52. The topological polar surface area (TPSA) is 24.7 Å².